The maximum Gasteiger partial charge on any atom is 0.135 e. The van der Waals surface area contributed by atoms with Gasteiger partial charge in [0.05, 0.1) is 0 Å². The van der Waals surface area contributed by atoms with Crippen LogP contribution in [-0.2, 0) is 17.2 Å². The van der Waals surface area contributed by atoms with E-state index in [0.717, 1.165) is 36.0 Å². The number of hydrogen-bond donors (Lipinski definition) is 2. The van der Waals surface area contributed by atoms with E-state index in [1.165, 1.54) is 0 Å². The highest BCUT2D eigenvalue weighted by Gasteiger charge is 2.12. The van der Waals surface area contributed by atoms with Crippen molar-refractivity contribution in [1.29, 1.82) is 0 Å². The molecule has 6 heteroatoms. The smallest absolute Gasteiger partial charge is 0.135 e. The molecule has 0 radical (unpaired) electrons. The molecule has 2 N–H and O–H groups in total. The van der Waals surface area contributed by atoms with Gasteiger partial charge in [-0.25, -0.2) is 9.97 Å². The van der Waals surface area contributed by atoms with Crippen LogP contribution in [0.5, 0.6) is 0 Å². The number of anilines is 2. The monoisotopic (exact) mass is 284 g/mol. The zero-order valence-corrected chi connectivity index (χ0v) is 13.2. The Balaban J connectivity index is 2.98. The largest absolute Gasteiger partial charge is 0.370 e. The van der Waals surface area contributed by atoms with E-state index in [1.807, 2.05) is 27.7 Å². The summed E-state index contributed by atoms with van der Waals surface area (Å²) in [5, 5.41) is 6.58. The fraction of sp³-hybridized carbons (Fsp3) is 0.692. The summed E-state index contributed by atoms with van der Waals surface area (Å²) in [6.07, 6.45) is 2.51. The quantitative estimate of drug-likeness (QED) is 0.801. The van der Waals surface area contributed by atoms with Gasteiger partial charge in [0.1, 0.15) is 17.5 Å². The Morgan fingerprint density at radius 1 is 1.26 bits per heavy atom. The van der Waals surface area contributed by atoms with E-state index < -0.39 is 10.8 Å². The second-order valence-electron chi connectivity index (χ2n) is 4.63. The molecule has 0 aliphatic heterocycles. The summed E-state index contributed by atoms with van der Waals surface area (Å²) in [6.45, 7) is 8.92. The zero-order valence-electron chi connectivity index (χ0n) is 12.4. The summed E-state index contributed by atoms with van der Waals surface area (Å²) in [4.78, 5) is 9.01. The van der Waals surface area contributed by atoms with Gasteiger partial charge in [0, 0.05) is 47.4 Å². The van der Waals surface area contributed by atoms with E-state index in [0.29, 0.717) is 5.75 Å². The first kappa shape index (κ1) is 15.9. The first-order valence-corrected chi connectivity index (χ1v) is 8.38. The highest BCUT2D eigenvalue weighted by atomic mass is 32.2. The van der Waals surface area contributed by atoms with Gasteiger partial charge in [-0.15, -0.1) is 0 Å². The zero-order chi connectivity index (χ0) is 14.4. The fourth-order valence-corrected chi connectivity index (χ4v) is 2.62. The van der Waals surface area contributed by atoms with Crippen LogP contribution in [0.2, 0.25) is 0 Å². The Kier molecular flexibility index (Phi) is 6.21. The maximum atomic E-state index is 11.2. The first-order chi connectivity index (χ1) is 8.97. The summed E-state index contributed by atoms with van der Waals surface area (Å²) in [6, 6.07) is 0.124. The molecule has 108 valence electrons. The molecule has 1 aromatic rings. The van der Waals surface area contributed by atoms with Gasteiger partial charge < -0.3 is 10.6 Å². The number of hydrogen-bond acceptors (Lipinski definition) is 5. The van der Waals surface area contributed by atoms with Crippen LogP contribution in [-0.4, -0.2) is 38.8 Å². The molecule has 0 aliphatic rings. The molecule has 0 amide bonds. The van der Waals surface area contributed by atoms with Crippen LogP contribution in [0.3, 0.4) is 0 Å². The van der Waals surface area contributed by atoms with Crippen LogP contribution >= 0.6 is 0 Å². The van der Waals surface area contributed by atoms with Crippen molar-refractivity contribution >= 4 is 22.4 Å². The Morgan fingerprint density at radius 3 is 2.42 bits per heavy atom. The van der Waals surface area contributed by atoms with Gasteiger partial charge in [0.25, 0.3) is 0 Å². The number of aromatic nitrogens is 2. The molecule has 2 unspecified atom stereocenters. The third-order valence-electron chi connectivity index (χ3n) is 2.72. The number of rotatable bonds is 7. The molecule has 0 saturated carbocycles. The normalized spacial score (nSPS) is 13.9. The van der Waals surface area contributed by atoms with Crippen molar-refractivity contribution in [2.45, 2.75) is 40.2 Å². The highest BCUT2D eigenvalue weighted by molar-refractivity contribution is 7.84. The van der Waals surface area contributed by atoms with Crippen molar-refractivity contribution in [2.24, 2.45) is 0 Å². The summed E-state index contributed by atoms with van der Waals surface area (Å²) in [7, 11) is -0.813. The van der Waals surface area contributed by atoms with Crippen molar-refractivity contribution in [3.05, 3.63) is 11.4 Å². The van der Waals surface area contributed by atoms with Crippen molar-refractivity contribution in [1.82, 2.24) is 9.97 Å². The molecule has 1 rings (SSSR count). The number of nitrogens with zero attached hydrogens (tertiary/aromatic N) is 2. The third kappa shape index (κ3) is 4.78. The predicted molar refractivity (Wildman–Crippen MR) is 82.3 cm³/mol. The lowest BCUT2D eigenvalue weighted by Crippen LogP contribution is -2.24. The van der Waals surface area contributed by atoms with E-state index in [-0.39, 0.29) is 6.04 Å². The summed E-state index contributed by atoms with van der Waals surface area (Å²) < 4.78 is 11.2. The molecule has 0 aromatic carbocycles. The van der Waals surface area contributed by atoms with E-state index in [4.69, 9.17) is 0 Å². The molecular weight excluding hydrogens is 260 g/mol. The van der Waals surface area contributed by atoms with Gasteiger partial charge in [-0.3, -0.25) is 4.21 Å². The summed E-state index contributed by atoms with van der Waals surface area (Å²) in [5.41, 5.74) is 1.01. The predicted octanol–water partition coefficient (Wildman–Crippen LogP) is 1.96. The van der Waals surface area contributed by atoms with E-state index in [1.54, 1.807) is 6.26 Å². The Labute approximate surface area is 118 Å². The lowest BCUT2D eigenvalue weighted by molar-refractivity contribution is 0.682. The number of nitrogens with one attached hydrogen (secondary N) is 2. The lowest BCUT2D eigenvalue weighted by atomic mass is 10.2. The summed E-state index contributed by atoms with van der Waals surface area (Å²) in [5.74, 6) is 3.14. The lowest BCUT2D eigenvalue weighted by Gasteiger charge is -2.18. The fourth-order valence-electron chi connectivity index (χ4n) is 1.83. The Morgan fingerprint density at radius 2 is 1.89 bits per heavy atom. The van der Waals surface area contributed by atoms with Crippen molar-refractivity contribution < 1.29 is 4.21 Å². The second kappa shape index (κ2) is 7.43. The van der Waals surface area contributed by atoms with Crippen LogP contribution in [0.25, 0.3) is 0 Å². The molecule has 0 spiro atoms. The van der Waals surface area contributed by atoms with E-state index in [9.17, 15) is 4.21 Å². The number of aryl methyl sites for hydroxylation is 1. The Bertz CT molecular complexity index is 451. The molecule has 0 saturated heterocycles. The third-order valence-corrected chi connectivity index (χ3v) is 3.69. The van der Waals surface area contributed by atoms with Gasteiger partial charge in [-0.1, -0.05) is 6.92 Å². The van der Waals surface area contributed by atoms with Gasteiger partial charge in [-0.05, 0) is 20.8 Å². The standard InChI is InChI=1S/C13H24N4OS/c1-6-11-16-12(14-7-2)10(4)13(17-11)15-9(3)8-19(5)18/h9H,6-8H2,1-5H3,(H2,14,15,16,17). The van der Waals surface area contributed by atoms with Crippen molar-refractivity contribution in [3.8, 4) is 0 Å². The minimum absolute atomic E-state index is 0.124. The van der Waals surface area contributed by atoms with Crippen molar-refractivity contribution in [2.75, 3.05) is 29.2 Å². The van der Waals surface area contributed by atoms with Crippen LogP contribution in [0.4, 0.5) is 11.6 Å². The summed E-state index contributed by atoms with van der Waals surface area (Å²) >= 11 is 0. The highest BCUT2D eigenvalue weighted by Crippen LogP contribution is 2.20. The molecule has 5 nitrogen and oxygen atoms in total. The van der Waals surface area contributed by atoms with Crippen LogP contribution in [0.1, 0.15) is 32.2 Å². The molecule has 1 aromatic heterocycles. The van der Waals surface area contributed by atoms with Crippen LogP contribution in [0, 0.1) is 6.92 Å². The molecule has 0 fully saturated rings. The minimum Gasteiger partial charge on any atom is -0.370 e. The molecular formula is C13H24N4OS. The van der Waals surface area contributed by atoms with Gasteiger partial charge in [-0.2, -0.15) is 0 Å². The SMILES string of the molecule is CCNc1nc(CC)nc(NC(C)CS(C)=O)c1C. The molecule has 19 heavy (non-hydrogen) atoms. The second-order valence-corrected chi connectivity index (χ2v) is 6.11. The Hall–Kier alpha value is -1.17. The van der Waals surface area contributed by atoms with E-state index in [2.05, 4.69) is 20.6 Å². The topological polar surface area (TPSA) is 66.9 Å². The van der Waals surface area contributed by atoms with E-state index >= 15 is 0 Å². The molecule has 1 heterocycles. The molecule has 0 aliphatic carbocycles. The molecule has 2 atom stereocenters. The van der Waals surface area contributed by atoms with Crippen molar-refractivity contribution in [3.63, 3.8) is 0 Å². The van der Waals surface area contributed by atoms with Crippen LogP contribution in [0.15, 0.2) is 0 Å². The average Bonchev–Trinajstić information content (AvgIpc) is 2.33. The first-order valence-electron chi connectivity index (χ1n) is 6.65. The van der Waals surface area contributed by atoms with Gasteiger partial charge in [0.15, 0.2) is 0 Å². The molecule has 0 bridgehead atoms. The van der Waals surface area contributed by atoms with Gasteiger partial charge >= 0.3 is 0 Å². The van der Waals surface area contributed by atoms with Gasteiger partial charge in [0.2, 0.25) is 0 Å². The maximum absolute atomic E-state index is 11.2. The average molecular weight is 284 g/mol. The van der Waals surface area contributed by atoms with Crippen LogP contribution < -0.4 is 10.6 Å². The minimum atomic E-state index is -0.813.